The first kappa shape index (κ1) is 8.51. The van der Waals surface area contributed by atoms with Crippen molar-refractivity contribution in [1.29, 1.82) is 0 Å². The number of hydrogen-bond acceptors (Lipinski definition) is 1. The van der Waals surface area contributed by atoms with Gasteiger partial charge in [0.05, 0.1) is 6.20 Å². The molecule has 0 atom stereocenters. The standard InChI is InChI=1S/C10H9BrN2/c1-7-2-3-9(10(11)4-7)8-5-12-13-6-8/h2-6H,1H3,(H,12,13). The largest absolute Gasteiger partial charge is 0.285 e. The van der Waals surface area contributed by atoms with Crippen LogP contribution >= 0.6 is 15.9 Å². The van der Waals surface area contributed by atoms with Crippen LogP contribution < -0.4 is 0 Å². The highest BCUT2D eigenvalue weighted by molar-refractivity contribution is 9.10. The van der Waals surface area contributed by atoms with Crippen LogP contribution in [0, 0.1) is 6.92 Å². The van der Waals surface area contributed by atoms with Crippen LogP contribution in [0.2, 0.25) is 0 Å². The molecule has 2 rings (SSSR count). The van der Waals surface area contributed by atoms with E-state index >= 15 is 0 Å². The number of halogens is 1. The van der Waals surface area contributed by atoms with Gasteiger partial charge < -0.3 is 0 Å². The summed E-state index contributed by atoms with van der Waals surface area (Å²) in [6.07, 6.45) is 3.70. The average molecular weight is 237 g/mol. The molecule has 0 amide bonds. The smallest absolute Gasteiger partial charge is 0.0566 e. The molecule has 1 heterocycles. The highest BCUT2D eigenvalue weighted by Gasteiger charge is 2.02. The number of benzene rings is 1. The molecular formula is C10H9BrN2. The van der Waals surface area contributed by atoms with Gasteiger partial charge in [-0.25, -0.2) is 0 Å². The summed E-state index contributed by atoms with van der Waals surface area (Å²) < 4.78 is 1.11. The highest BCUT2D eigenvalue weighted by Crippen LogP contribution is 2.27. The minimum absolute atomic E-state index is 1.10. The number of aromatic nitrogens is 2. The second-order valence-electron chi connectivity index (χ2n) is 2.97. The predicted molar refractivity (Wildman–Crippen MR) is 56.5 cm³/mol. The molecule has 0 aliphatic carbocycles. The van der Waals surface area contributed by atoms with Gasteiger partial charge in [0, 0.05) is 16.2 Å². The summed E-state index contributed by atoms with van der Waals surface area (Å²) in [5.74, 6) is 0. The fourth-order valence-corrected chi connectivity index (χ4v) is 1.97. The molecule has 0 unspecified atom stereocenters. The Balaban J connectivity index is 2.53. The van der Waals surface area contributed by atoms with Crippen LogP contribution in [0.5, 0.6) is 0 Å². The lowest BCUT2D eigenvalue weighted by molar-refractivity contribution is 1.09. The van der Waals surface area contributed by atoms with Gasteiger partial charge in [0.25, 0.3) is 0 Å². The lowest BCUT2D eigenvalue weighted by Crippen LogP contribution is -1.78. The molecule has 0 spiro atoms. The zero-order valence-corrected chi connectivity index (χ0v) is 8.80. The van der Waals surface area contributed by atoms with Crippen LogP contribution in [0.4, 0.5) is 0 Å². The van der Waals surface area contributed by atoms with E-state index in [4.69, 9.17) is 0 Å². The number of hydrogen-bond donors (Lipinski definition) is 1. The minimum Gasteiger partial charge on any atom is -0.285 e. The molecule has 2 aromatic rings. The van der Waals surface area contributed by atoms with Crippen LogP contribution in [0.15, 0.2) is 35.1 Å². The van der Waals surface area contributed by atoms with Crippen LogP contribution in [-0.2, 0) is 0 Å². The van der Waals surface area contributed by atoms with Crippen LogP contribution in [0.1, 0.15) is 5.56 Å². The van der Waals surface area contributed by atoms with E-state index in [9.17, 15) is 0 Å². The lowest BCUT2D eigenvalue weighted by Gasteiger charge is -2.01. The maximum absolute atomic E-state index is 3.92. The van der Waals surface area contributed by atoms with E-state index in [1.54, 1.807) is 0 Å². The van der Waals surface area contributed by atoms with Crippen molar-refractivity contribution in [3.05, 3.63) is 40.6 Å². The van der Waals surface area contributed by atoms with Gasteiger partial charge >= 0.3 is 0 Å². The Kier molecular flexibility index (Phi) is 2.19. The fourth-order valence-electron chi connectivity index (χ4n) is 1.25. The molecule has 0 saturated carbocycles. The third kappa shape index (κ3) is 1.65. The van der Waals surface area contributed by atoms with Crippen LogP contribution in [0.3, 0.4) is 0 Å². The summed E-state index contributed by atoms with van der Waals surface area (Å²) in [6, 6.07) is 6.28. The van der Waals surface area contributed by atoms with Gasteiger partial charge in [0.1, 0.15) is 0 Å². The molecule has 0 aliphatic heterocycles. The van der Waals surface area contributed by atoms with Crippen molar-refractivity contribution in [2.45, 2.75) is 6.92 Å². The molecule has 0 bridgehead atoms. The topological polar surface area (TPSA) is 28.7 Å². The summed E-state index contributed by atoms with van der Waals surface area (Å²) in [6.45, 7) is 2.07. The zero-order chi connectivity index (χ0) is 9.26. The monoisotopic (exact) mass is 236 g/mol. The Morgan fingerprint density at radius 1 is 1.38 bits per heavy atom. The third-order valence-corrected chi connectivity index (χ3v) is 2.59. The fraction of sp³-hybridized carbons (Fsp3) is 0.100. The van der Waals surface area contributed by atoms with Crippen LogP contribution in [-0.4, -0.2) is 10.2 Å². The summed E-state index contributed by atoms with van der Waals surface area (Å²) >= 11 is 3.53. The van der Waals surface area contributed by atoms with Gasteiger partial charge in [-0.1, -0.05) is 28.1 Å². The highest BCUT2D eigenvalue weighted by atomic mass is 79.9. The molecular weight excluding hydrogens is 228 g/mol. The van der Waals surface area contributed by atoms with E-state index in [0.717, 1.165) is 10.0 Å². The molecule has 1 aromatic heterocycles. The molecule has 13 heavy (non-hydrogen) atoms. The number of nitrogens with one attached hydrogen (secondary N) is 1. The average Bonchev–Trinajstić information content (AvgIpc) is 2.56. The molecule has 1 N–H and O–H groups in total. The molecule has 1 aromatic carbocycles. The summed E-state index contributed by atoms with van der Waals surface area (Å²) in [7, 11) is 0. The third-order valence-electron chi connectivity index (χ3n) is 1.93. The Morgan fingerprint density at radius 3 is 2.85 bits per heavy atom. The minimum atomic E-state index is 1.10. The van der Waals surface area contributed by atoms with Gasteiger partial charge in [-0.2, -0.15) is 5.10 Å². The van der Waals surface area contributed by atoms with E-state index in [1.807, 2.05) is 12.4 Å². The molecule has 0 aliphatic rings. The van der Waals surface area contributed by atoms with Crippen molar-refractivity contribution >= 4 is 15.9 Å². The van der Waals surface area contributed by atoms with E-state index < -0.39 is 0 Å². The maximum atomic E-state index is 3.92. The number of H-pyrrole nitrogens is 1. The second-order valence-corrected chi connectivity index (χ2v) is 3.82. The first-order valence-corrected chi connectivity index (χ1v) is 4.82. The normalized spacial score (nSPS) is 10.3. The SMILES string of the molecule is Cc1ccc(-c2cn[nH]c2)c(Br)c1. The molecule has 2 nitrogen and oxygen atoms in total. The Bertz CT molecular complexity index is 407. The van der Waals surface area contributed by atoms with E-state index in [-0.39, 0.29) is 0 Å². The van der Waals surface area contributed by atoms with Crippen molar-refractivity contribution in [1.82, 2.24) is 10.2 Å². The Hall–Kier alpha value is -1.09. The van der Waals surface area contributed by atoms with Gasteiger partial charge in [0.2, 0.25) is 0 Å². The van der Waals surface area contributed by atoms with Crippen molar-refractivity contribution in [2.75, 3.05) is 0 Å². The summed E-state index contributed by atoms with van der Waals surface area (Å²) in [5.41, 5.74) is 3.52. The number of aryl methyl sites for hydroxylation is 1. The first-order chi connectivity index (χ1) is 6.27. The zero-order valence-electron chi connectivity index (χ0n) is 7.21. The van der Waals surface area contributed by atoms with Gasteiger partial charge in [-0.3, -0.25) is 5.10 Å². The summed E-state index contributed by atoms with van der Waals surface area (Å²) in [4.78, 5) is 0. The van der Waals surface area contributed by atoms with Crippen molar-refractivity contribution in [3.63, 3.8) is 0 Å². The number of rotatable bonds is 1. The van der Waals surface area contributed by atoms with Gasteiger partial charge in [-0.15, -0.1) is 0 Å². The lowest BCUT2D eigenvalue weighted by atomic mass is 10.1. The molecule has 3 heteroatoms. The molecule has 66 valence electrons. The second kappa shape index (κ2) is 3.34. The first-order valence-electron chi connectivity index (χ1n) is 4.02. The van der Waals surface area contributed by atoms with Gasteiger partial charge in [0.15, 0.2) is 0 Å². The molecule has 0 saturated heterocycles. The summed E-state index contributed by atoms with van der Waals surface area (Å²) in [5, 5.41) is 6.72. The number of aromatic amines is 1. The van der Waals surface area contributed by atoms with Crippen molar-refractivity contribution < 1.29 is 0 Å². The number of nitrogens with zero attached hydrogens (tertiary/aromatic N) is 1. The van der Waals surface area contributed by atoms with Crippen LogP contribution in [0.25, 0.3) is 11.1 Å². The van der Waals surface area contributed by atoms with Crippen molar-refractivity contribution in [2.24, 2.45) is 0 Å². The molecule has 0 fully saturated rings. The quantitative estimate of drug-likeness (QED) is 0.810. The maximum Gasteiger partial charge on any atom is 0.0566 e. The van der Waals surface area contributed by atoms with E-state index in [2.05, 4.69) is 51.3 Å². The Morgan fingerprint density at radius 2 is 2.23 bits per heavy atom. The Labute approximate surface area is 85.1 Å². The van der Waals surface area contributed by atoms with Gasteiger partial charge in [-0.05, 0) is 24.1 Å². The predicted octanol–water partition coefficient (Wildman–Crippen LogP) is 3.15. The molecule has 0 radical (unpaired) electrons. The van der Waals surface area contributed by atoms with E-state index in [1.165, 1.54) is 11.1 Å². The van der Waals surface area contributed by atoms with Crippen molar-refractivity contribution in [3.8, 4) is 11.1 Å². The van der Waals surface area contributed by atoms with E-state index in [0.29, 0.717) is 0 Å².